The summed E-state index contributed by atoms with van der Waals surface area (Å²) in [5, 5.41) is 0. The van der Waals surface area contributed by atoms with E-state index in [9.17, 15) is 0 Å². The Labute approximate surface area is 247 Å². The van der Waals surface area contributed by atoms with Crippen molar-refractivity contribution in [2.45, 2.75) is 105 Å². The van der Waals surface area contributed by atoms with E-state index in [0.717, 1.165) is 26.3 Å². The van der Waals surface area contributed by atoms with E-state index >= 15 is 0 Å². The molecular weight excluding hydrogens is 492 g/mol. The molecule has 2 rings (SSSR count). The molecule has 0 aliphatic heterocycles. The van der Waals surface area contributed by atoms with E-state index in [0.29, 0.717) is 13.2 Å². The van der Waals surface area contributed by atoms with E-state index < -0.39 is 0 Å². The van der Waals surface area contributed by atoms with E-state index in [1.54, 1.807) is 0 Å². The van der Waals surface area contributed by atoms with Crippen LogP contribution in [-0.4, -0.2) is 62.3 Å². The smallest absolute Gasteiger partial charge is 0.0717 e. The van der Waals surface area contributed by atoms with Crippen LogP contribution >= 0.6 is 0 Å². The Bertz CT molecular complexity index is 800. The lowest BCUT2D eigenvalue weighted by Crippen LogP contribution is -2.29. The van der Waals surface area contributed by atoms with E-state index in [1.165, 1.54) is 113 Å². The van der Waals surface area contributed by atoms with Gasteiger partial charge in [0.2, 0.25) is 0 Å². The average Bonchev–Trinajstić information content (AvgIpc) is 2.98. The van der Waals surface area contributed by atoms with Crippen LogP contribution in [0, 0.1) is 0 Å². The predicted octanol–water partition coefficient (Wildman–Crippen LogP) is 8.97. The van der Waals surface area contributed by atoms with Crippen molar-refractivity contribution in [1.29, 1.82) is 0 Å². The van der Waals surface area contributed by atoms with Gasteiger partial charge in [-0.05, 0) is 86.2 Å². The number of benzene rings is 2. The highest BCUT2D eigenvalue weighted by Crippen LogP contribution is 2.22. The molecule has 40 heavy (non-hydrogen) atoms. The van der Waals surface area contributed by atoms with Crippen LogP contribution in [0.1, 0.15) is 103 Å². The second kappa shape index (κ2) is 22.9. The van der Waals surface area contributed by atoms with Crippen LogP contribution in [0.15, 0.2) is 48.5 Å². The van der Waals surface area contributed by atoms with Gasteiger partial charge in [-0.25, -0.2) is 0 Å². The highest BCUT2D eigenvalue weighted by molar-refractivity contribution is 5.64. The maximum absolute atomic E-state index is 6.13. The van der Waals surface area contributed by atoms with Crippen LogP contribution in [0.3, 0.4) is 0 Å². The number of hydrogen-bond acceptors (Lipinski definition) is 4. The van der Waals surface area contributed by atoms with Gasteiger partial charge in [0.1, 0.15) is 0 Å². The van der Waals surface area contributed by atoms with Crippen LogP contribution in [0.5, 0.6) is 0 Å². The molecule has 0 heterocycles. The largest absolute Gasteiger partial charge is 0.375 e. The summed E-state index contributed by atoms with van der Waals surface area (Å²) in [5.74, 6) is 0. The SMILES string of the molecule is CCCCCN(CCCC)CCOCc1cccc(-c2cccc(COCCN(CCCC)CCCCC)c2)c1. The fourth-order valence-corrected chi connectivity index (χ4v) is 5.05. The first kappa shape index (κ1) is 34.5. The first-order chi connectivity index (χ1) is 19.7. The van der Waals surface area contributed by atoms with Gasteiger partial charge in [-0.2, -0.15) is 0 Å². The fourth-order valence-electron chi connectivity index (χ4n) is 5.05. The Morgan fingerprint density at radius 2 is 0.875 bits per heavy atom. The molecule has 4 heteroatoms. The Balaban J connectivity index is 1.81. The highest BCUT2D eigenvalue weighted by Gasteiger charge is 2.07. The van der Waals surface area contributed by atoms with Crippen molar-refractivity contribution in [2.75, 3.05) is 52.5 Å². The van der Waals surface area contributed by atoms with Crippen LogP contribution in [0.25, 0.3) is 11.1 Å². The van der Waals surface area contributed by atoms with E-state index in [-0.39, 0.29) is 0 Å². The lowest BCUT2D eigenvalue weighted by atomic mass is 10.0. The van der Waals surface area contributed by atoms with Crippen molar-refractivity contribution in [3.05, 3.63) is 59.7 Å². The molecular formula is C36H60N2O2. The number of hydrogen-bond donors (Lipinski definition) is 0. The van der Waals surface area contributed by atoms with Gasteiger partial charge < -0.3 is 19.3 Å². The zero-order chi connectivity index (χ0) is 28.7. The molecule has 0 N–H and O–H groups in total. The number of ether oxygens (including phenoxy) is 2. The summed E-state index contributed by atoms with van der Waals surface area (Å²) in [7, 11) is 0. The summed E-state index contributed by atoms with van der Waals surface area (Å²) < 4.78 is 12.3. The molecule has 0 aliphatic carbocycles. The van der Waals surface area contributed by atoms with Gasteiger partial charge in [-0.3, -0.25) is 0 Å². The summed E-state index contributed by atoms with van der Waals surface area (Å²) >= 11 is 0. The van der Waals surface area contributed by atoms with E-state index in [1.807, 2.05) is 0 Å². The van der Waals surface area contributed by atoms with Crippen molar-refractivity contribution in [1.82, 2.24) is 9.80 Å². The molecule has 0 aliphatic rings. The van der Waals surface area contributed by atoms with Gasteiger partial charge in [0.25, 0.3) is 0 Å². The molecule has 4 nitrogen and oxygen atoms in total. The first-order valence-electron chi connectivity index (χ1n) is 16.5. The summed E-state index contributed by atoms with van der Waals surface area (Å²) in [6, 6.07) is 17.6. The van der Waals surface area contributed by atoms with Crippen LogP contribution in [-0.2, 0) is 22.7 Å². The molecule has 0 amide bonds. The van der Waals surface area contributed by atoms with Crippen LogP contribution in [0.2, 0.25) is 0 Å². The third kappa shape index (κ3) is 15.3. The maximum Gasteiger partial charge on any atom is 0.0717 e. The standard InChI is InChI=1S/C36H60N2O2/c1-5-9-13-23-37(21-11-7-3)25-27-39-31-33-17-15-19-35(29-33)36-20-16-18-34(30-36)32-40-28-26-38(22-12-8-4)24-14-10-6-2/h15-20,29-30H,5-14,21-28,31-32H2,1-4H3. The lowest BCUT2D eigenvalue weighted by Gasteiger charge is -2.22. The highest BCUT2D eigenvalue weighted by atomic mass is 16.5. The van der Waals surface area contributed by atoms with Gasteiger partial charge in [0.05, 0.1) is 26.4 Å². The molecule has 0 radical (unpaired) electrons. The Morgan fingerprint density at radius 1 is 0.475 bits per heavy atom. The first-order valence-corrected chi connectivity index (χ1v) is 16.5. The predicted molar refractivity (Wildman–Crippen MR) is 173 cm³/mol. The second-order valence-corrected chi connectivity index (χ2v) is 11.3. The molecule has 0 aromatic heterocycles. The number of rotatable bonds is 25. The number of nitrogens with zero attached hydrogens (tertiary/aromatic N) is 2. The van der Waals surface area contributed by atoms with Gasteiger partial charge in [-0.15, -0.1) is 0 Å². The van der Waals surface area contributed by atoms with Crippen molar-refractivity contribution in [3.8, 4) is 11.1 Å². The molecule has 0 spiro atoms. The molecule has 2 aromatic carbocycles. The zero-order valence-electron chi connectivity index (χ0n) is 26.5. The quantitative estimate of drug-likeness (QED) is 0.115. The Hall–Kier alpha value is -1.72. The Kier molecular flexibility index (Phi) is 19.7. The van der Waals surface area contributed by atoms with Gasteiger partial charge >= 0.3 is 0 Å². The van der Waals surface area contributed by atoms with Gasteiger partial charge in [0.15, 0.2) is 0 Å². The topological polar surface area (TPSA) is 24.9 Å². The van der Waals surface area contributed by atoms with Crippen molar-refractivity contribution in [2.24, 2.45) is 0 Å². The molecule has 226 valence electrons. The fraction of sp³-hybridized carbons (Fsp3) is 0.667. The summed E-state index contributed by atoms with van der Waals surface area (Å²) in [6.07, 6.45) is 12.8. The second-order valence-electron chi connectivity index (χ2n) is 11.3. The van der Waals surface area contributed by atoms with Crippen LogP contribution in [0.4, 0.5) is 0 Å². The average molecular weight is 553 g/mol. The number of unbranched alkanes of at least 4 members (excludes halogenated alkanes) is 6. The van der Waals surface area contributed by atoms with Crippen molar-refractivity contribution < 1.29 is 9.47 Å². The molecule has 0 unspecified atom stereocenters. The third-order valence-electron chi connectivity index (χ3n) is 7.64. The minimum atomic E-state index is 0.667. The molecule has 0 atom stereocenters. The van der Waals surface area contributed by atoms with Crippen LogP contribution < -0.4 is 0 Å². The van der Waals surface area contributed by atoms with Crippen molar-refractivity contribution in [3.63, 3.8) is 0 Å². The molecule has 0 bridgehead atoms. The minimum Gasteiger partial charge on any atom is -0.375 e. The Morgan fingerprint density at radius 3 is 1.27 bits per heavy atom. The molecule has 0 saturated carbocycles. The summed E-state index contributed by atoms with van der Waals surface area (Å²) in [6.45, 7) is 18.8. The van der Waals surface area contributed by atoms with Gasteiger partial charge in [-0.1, -0.05) is 103 Å². The van der Waals surface area contributed by atoms with E-state index in [2.05, 4.69) is 86.0 Å². The normalized spacial score (nSPS) is 11.7. The monoisotopic (exact) mass is 552 g/mol. The zero-order valence-corrected chi connectivity index (χ0v) is 26.5. The van der Waals surface area contributed by atoms with Gasteiger partial charge in [0, 0.05) is 13.1 Å². The minimum absolute atomic E-state index is 0.667. The molecule has 0 saturated heterocycles. The summed E-state index contributed by atoms with van der Waals surface area (Å²) in [4.78, 5) is 5.16. The third-order valence-corrected chi connectivity index (χ3v) is 7.64. The van der Waals surface area contributed by atoms with E-state index in [4.69, 9.17) is 9.47 Å². The van der Waals surface area contributed by atoms with Crippen molar-refractivity contribution >= 4 is 0 Å². The maximum atomic E-state index is 6.13. The molecule has 0 fully saturated rings. The summed E-state index contributed by atoms with van der Waals surface area (Å²) in [5.41, 5.74) is 4.96. The lowest BCUT2D eigenvalue weighted by molar-refractivity contribution is 0.0913. The molecule has 2 aromatic rings.